The molecule has 14 rings (SSSR count). The molecule has 1 unspecified atom stereocenters. The Balaban J connectivity index is 0.000000140. The highest BCUT2D eigenvalue weighted by Gasteiger charge is 2.21. The first-order valence-corrected chi connectivity index (χ1v) is 35.1. The van der Waals surface area contributed by atoms with Crippen LogP contribution in [0.1, 0.15) is 113 Å². The Morgan fingerprint density at radius 2 is 1.09 bits per heavy atom. The number of para-hydroxylation sites is 1. The minimum absolute atomic E-state index is 0.122. The fraction of sp³-hybridized carbons (Fsp3) is 0.356. The van der Waals surface area contributed by atoms with Gasteiger partial charge >= 0.3 is 0 Å². The number of hydrogen-bond donors (Lipinski definition) is 7. The number of halogens is 1. The molecule has 2 aromatic carbocycles. The third-order valence-electron chi connectivity index (χ3n) is 17.1. The van der Waals surface area contributed by atoms with E-state index in [4.69, 9.17) is 4.98 Å². The van der Waals surface area contributed by atoms with E-state index in [1.54, 1.807) is 35.8 Å². The number of thiophene rings is 1. The van der Waals surface area contributed by atoms with Crippen LogP contribution in [0.25, 0.3) is 21.0 Å². The number of hydrazone groups is 3. The molecule has 3 saturated heterocycles. The van der Waals surface area contributed by atoms with Gasteiger partial charge < -0.3 is 35.6 Å². The van der Waals surface area contributed by atoms with Gasteiger partial charge in [-0.2, -0.15) is 60.2 Å². The lowest BCUT2D eigenvalue weighted by Crippen LogP contribution is -2.31. The van der Waals surface area contributed by atoms with Gasteiger partial charge in [0.25, 0.3) is 0 Å². The number of aromatic nitrogens is 10. The minimum Gasteiger partial charge on any atom is -0.354 e. The van der Waals surface area contributed by atoms with Crippen molar-refractivity contribution in [1.29, 1.82) is 0 Å². The molecule has 7 aromatic rings. The molecule has 0 amide bonds. The highest BCUT2D eigenvalue weighted by Crippen LogP contribution is 2.27. The maximum absolute atomic E-state index is 13.6. The van der Waals surface area contributed by atoms with Crippen molar-refractivity contribution in [3.8, 4) is 0 Å². The number of nitrogens with zero attached hydrogens (tertiary/aromatic N) is 16. The number of fused-ring (bicyclic) bond motifs is 2. The lowest BCUT2D eigenvalue weighted by molar-refractivity contribution is 0.568. The van der Waals surface area contributed by atoms with Gasteiger partial charge in [-0.05, 0) is 162 Å². The summed E-state index contributed by atoms with van der Waals surface area (Å²) >= 11 is 1.71. The van der Waals surface area contributed by atoms with E-state index in [0.29, 0.717) is 66.5 Å². The molecule has 0 radical (unpaired) electrons. The highest BCUT2D eigenvalue weighted by molar-refractivity contribution is 7.20. The molecule has 3 fully saturated rings. The van der Waals surface area contributed by atoms with Crippen molar-refractivity contribution >= 4 is 111 Å². The van der Waals surface area contributed by atoms with Crippen LogP contribution in [0.4, 0.5) is 57.9 Å². The largest absolute Gasteiger partial charge is 0.354 e. The van der Waals surface area contributed by atoms with E-state index in [0.717, 1.165) is 149 Å². The fourth-order valence-corrected chi connectivity index (χ4v) is 12.9. The topological polar surface area (TPSA) is 263 Å². The van der Waals surface area contributed by atoms with Crippen LogP contribution in [-0.2, 0) is 0 Å². The van der Waals surface area contributed by atoms with E-state index in [9.17, 15) is 4.39 Å². The molecule has 0 spiro atoms. The third kappa shape index (κ3) is 20.5. The predicted molar refractivity (Wildman–Crippen MR) is 401 cm³/mol. The van der Waals surface area contributed by atoms with E-state index in [1.807, 2.05) is 49.0 Å². The Morgan fingerprint density at radius 1 is 0.571 bits per heavy atom. The Kier molecular flexibility index (Phi) is 24.4. The molecule has 1 atom stereocenters. The van der Waals surface area contributed by atoms with Gasteiger partial charge in [0, 0.05) is 97.7 Å². The van der Waals surface area contributed by atoms with Gasteiger partial charge in [0.15, 0.2) is 0 Å². The Bertz CT molecular complexity index is 3960. The summed E-state index contributed by atoms with van der Waals surface area (Å²) < 4.78 is 14.8. The standard InChI is InChI=1S/C25H31FN8.C24H28N8.C24H27N7S/c1-2-3-10-22-16-20(11-12-27-22)18-29-33-24-30-23(28-17-19-8-7-9-21(26)15-19)31-25(32-24)34-13-5-4-6-14-34;1-3-9-18(10-4-1)16-25-22-28-23(30-24(29-22)32-13-7-2-8-14-32)31-26-17-20-15-19-11-5-6-12-21(19)27-20;1-3-9-18(10-4-1)16-25-22-27-23(29-24(28-22)31-13-7-2-8-14-31)30-26-17-20-15-19-11-5-6-12-21(19)32-20/h2-3,9-10,12,15-16,18,20H,1,4-8,11,13-14,17H2,(H2,28,30,31,32,33);1,3,5-6,9,11-12,15,17,27H,2,4,7-8,10,13-14,16H2,(H2,25,28,29,30,31);1,3,5-6,9,11-12,15,17H,2,4,7-8,10,13-14,16H2,(H2,25,27,28,29,30)/b10-3-,29-18+;2*26-17+. The van der Waals surface area contributed by atoms with Gasteiger partial charge in [0.05, 0.1) is 23.8 Å². The summed E-state index contributed by atoms with van der Waals surface area (Å²) in [4.78, 5) is 56.9. The van der Waals surface area contributed by atoms with Gasteiger partial charge in [-0.15, -0.1) is 11.3 Å². The molecule has 98 heavy (non-hydrogen) atoms. The van der Waals surface area contributed by atoms with Crippen LogP contribution >= 0.6 is 11.3 Å². The molecule has 23 nitrogen and oxygen atoms in total. The molecular weight excluding hydrogens is 1250 g/mol. The lowest BCUT2D eigenvalue weighted by Gasteiger charge is -2.27. The summed E-state index contributed by atoms with van der Waals surface area (Å²) in [5.41, 5.74) is 15.5. The van der Waals surface area contributed by atoms with Crippen molar-refractivity contribution in [3.05, 3.63) is 179 Å². The predicted octanol–water partition coefficient (Wildman–Crippen LogP) is 14.7. The summed E-state index contributed by atoms with van der Waals surface area (Å²) in [5, 5.41) is 25.5. The van der Waals surface area contributed by atoms with Crippen molar-refractivity contribution in [3.63, 3.8) is 0 Å². The number of anilines is 9. The maximum Gasteiger partial charge on any atom is 0.250 e. The molecule has 7 aliphatic rings. The minimum atomic E-state index is -0.186. The number of aromatic amines is 1. The normalized spacial score (nSPS) is 18.0. The van der Waals surface area contributed by atoms with Crippen LogP contribution < -0.4 is 46.9 Å². The molecule has 3 aliphatic carbocycles. The first kappa shape index (κ1) is 67.4. The second kappa shape index (κ2) is 35.4. The van der Waals surface area contributed by atoms with E-state index in [-0.39, 0.29) is 11.7 Å². The number of hydrogen-bond acceptors (Lipinski definition) is 23. The number of allylic oxidation sites excluding steroid dienone is 13. The number of benzene rings is 2. The smallest absolute Gasteiger partial charge is 0.250 e. The van der Waals surface area contributed by atoms with Gasteiger partial charge in [0.2, 0.25) is 53.5 Å². The number of nitrogens with one attached hydrogen (secondary N) is 7. The Hall–Kier alpha value is -10.6. The third-order valence-corrected chi connectivity index (χ3v) is 18.2. The highest BCUT2D eigenvalue weighted by atomic mass is 32.1. The van der Waals surface area contributed by atoms with Gasteiger partial charge in [-0.3, -0.25) is 4.99 Å². The van der Waals surface area contributed by atoms with Gasteiger partial charge in [0.1, 0.15) is 5.83 Å². The molecule has 9 heterocycles. The SMILES string of the molecule is C1=CCCC(CNc2nc(N/N=C/c3cc4ccccc4[nH]3)nc(N3CCCCC3)n2)=C1.C1=CCCC(CNc2nc(N/N=C/c3cc4ccccc4s3)nc(N3CCCCC3)n2)=C1.C=C/C=C\C1=CC(/C=N/Nc2nc(NCC3=CC(F)=CCC3)nc(N3CCCCC3)n2)CC=N1. The zero-order valence-electron chi connectivity index (χ0n) is 55.4. The van der Waals surface area contributed by atoms with Crippen molar-refractivity contribution in [2.45, 2.75) is 103 Å². The monoisotopic (exact) mass is 1340 g/mol. The first-order valence-electron chi connectivity index (χ1n) is 34.3. The van der Waals surface area contributed by atoms with Crippen molar-refractivity contribution in [2.75, 3.05) is 106 Å². The van der Waals surface area contributed by atoms with Gasteiger partial charge in [-0.25, -0.2) is 20.7 Å². The number of piperidine rings is 3. The molecule has 0 saturated carbocycles. The maximum atomic E-state index is 13.6. The number of aliphatic imine (C=N–C) groups is 1. The molecule has 0 bridgehead atoms. The van der Waals surface area contributed by atoms with Crippen molar-refractivity contribution < 1.29 is 4.39 Å². The van der Waals surface area contributed by atoms with Crippen LogP contribution in [0.15, 0.2) is 189 Å². The summed E-state index contributed by atoms with van der Waals surface area (Å²) in [6.07, 6.45) is 48.2. The van der Waals surface area contributed by atoms with Crippen LogP contribution in [0.5, 0.6) is 0 Å². The Labute approximate surface area is 575 Å². The second-order valence-corrected chi connectivity index (χ2v) is 25.7. The van der Waals surface area contributed by atoms with E-state index < -0.39 is 0 Å². The molecule has 5 aromatic heterocycles. The van der Waals surface area contributed by atoms with Crippen molar-refractivity contribution in [1.82, 2.24) is 49.8 Å². The average molecular weight is 1340 g/mol. The first-order chi connectivity index (χ1) is 48.4. The van der Waals surface area contributed by atoms with Gasteiger partial charge in [-0.1, -0.05) is 103 Å². The number of H-pyrrole nitrogens is 1. The summed E-state index contributed by atoms with van der Waals surface area (Å²) in [5.74, 6) is 4.83. The molecule has 506 valence electrons. The van der Waals surface area contributed by atoms with E-state index in [2.05, 4.69) is 204 Å². The van der Waals surface area contributed by atoms with Crippen LogP contribution in [-0.4, -0.2) is 134 Å². The second-order valence-electron chi connectivity index (χ2n) is 24.6. The Morgan fingerprint density at radius 3 is 1.63 bits per heavy atom. The van der Waals surface area contributed by atoms with Crippen LogP contribution in [0.2, 0.25) is 0 Å². The number of rotatable bonds is 23. The molecule has 4 aliphatic heterocycles. The average Bonchev–Trinajstić information content (AvgIpc) is 1.74. The molecule has 25 heteroatoms. The zero-order chi connectivity index (χ0) is 66.8. The molecule has 7 N–H and O–H groups in total. The quantitative estimate of drug-likeness (QED) is 0.0178. The summed E-state index contributed by atoms with van der Waals surface area (Å²) in [7, 11) is 0. The van der Waals surface area contributed by atoms with E-state index >= 15 is 0 Å². The van der Waals surface area contributed by atoms with E-state index in [1.165, 1.54) is 53.3 Å². The lowest BCUT2D eigenvalue weighted by atomic mass is 10.0. The zero-order valence-corrected chi connectivity index (χ0v) is 56.2. The summed E-state index contributed by atoms with van der Waals surface area (Å²) in [6, 6.07) is 20.7. The van der Waals surface area contributed by atoms with Crippen molar-refractivity contribution in [2.24, 2.45) is 26.2 Å². The molecular formula is C73H86FN23S. The fourth-order valence-electron chi connectivity index (χ4n) is 11.9. The summed E-state index contributed by atoms with van der Waals surface area (Å²) in [6.45, 7) is 11.4. The van der Waals surface area contributed by atoms with Crippen LogP contribution in [0, 0.1) is 5.92 Å². The van der Waals surface area contributed by atoms with Crippen LogP contribution in [0.3, 0.4) is 0 Å².